The Morgan fingerprint density at radius 1 is 1.38 bits per heavy atom. The minimum atomic E-state index is 0.230. The number of nitrogens with zero attached hydrogens (tertiary/aromatic N) is 2. The Balaban J connectivity index is 1.85. The van der Waals surface area contributed by atoms with Gasteiger partial charge in [-0.3, -0.25) is 0 Å². The highest BCUT2D eigenvalue weighted by Gasteiger charge is 2.36. The van der Waals surface area contributed by atoms with E-state index in [2.05, 4.69) is 34.6 Å². The van der Waals surface area contributed by atoms with Crippen LogP contribution in [-0.2, 0) is 0 Å². The molecule has 5 nitrogen and oxygen atoms in total. The number of hydrazone groups is 1. The molecule has 1 fully saturated rings. The number of benzene rings is 1. The maximum absolute atomic E-state index is 5.68. The molecule has 5 heteroatoms. The summed E-state index contributed by atoms with van der Waals surface area (Å²) in [6, 6.07) is 6.39. The van der Waals surface area contributed by atoms with Crippen LogP contribution in [0, 0.1) is 5.92 Å². The third-order valence-corrected chi connectivity index (χ3v) is 4.28. The molecule has 1 N–H and O–H groups in total. The van der Waals surface area contributed by atoms with Gasteiger partial charge in [0.2, 0.25) is 0 Å². The molecule has 0 saturated carbocycles. The Morgan fingerprint density at radius 2 is 2.24 bits per heavy atom. The topological polar surface area (TPSA) is 46.1 Å². The number of nitrogens with one attached hydrogen (secondary N) is 1. The Kier molecular flexibility index (Phi) is 4.01. The molecule has 1 saturated heterocycles. The number of methoxy groups -OCH3 is 1. The van der Waals surface area contributed by atoms with Crippen molar-refractivity contribution in [2.24, 2.45) is 11.0 Å². The Bertz CT molecular complexity index is 544. The summed E-state index contributed by atoms with van der Waals surface area (Å²) in [6.07, 6.45) is 1.05. The molecule has 2 heterocycles. The summed E-state index contributed by atoms with van der Waals surface area (Å²) < 4.78 is 11.0. The van der Waals surface area contributed by atoms with Crippen molar-refractivity contribution in [3.8, 4) is 11.5 Å². The molecule has 2 aliphatic rings. The number of likely N-dealkylation sites (tertiary alicyclic amines) is 1. The van der Waals surface area contributed by atoms with Crippen LogP contribution >= 0.6 is 0 Å². The maximum Gasteiger partial charge on any atom is 0.161 e. The molecule has 0 radical (unpaired) electrons. The quantitative estimate of drug-likeness (QED) is 0.921. The van der Waals surface area contributed by atoms with Gasteiger partial charge in [0.25, 0.3) is 0 Å². The van der Waals surface area contributed by atoms with Gasteiger partial charge in [0.05, 0.1) is 19.8 Å². The molecule has 3 rings (SSSR count). The Labute approximate surface area is 125 Å². The lowest BCUT2D eigenvalue weighted by atomic mass is 9.86. The number of hydrogen-bond donors (Lipinski definition) is 1. The van der Waals surface area contributed by atoms with Gasteiger partial charge in [0.15, 0.2) is 11.5 Å². The standard InChI is InChI=1S/C16H23N3O2/c1-4-21-15-9-11(5-6-14(15)20-3)16-12-10-19(2)8-7-13(12)17-18-16/h5-6,9,12,16,18H,4,7-8,10H2,1-3H3. The molecular weight excluding hydrogens is 266 g/mol. The third kappa shape index (κ3) is 2.70. The van der Waals surface area contributed by atoms with Crippen LogP contribution < -0.4 is 14.9 Å². The Hall–Kier alpha value is -1.75. The molecule has 0 bridgehead atoms. The van der Waals surface area contributed by atoms with Crippen molar-refractivity contribution in [3.63, 3.8) is 0 Å². The van der Waals surface area contributed by atoms with Gasteiger partial charge in [-0.05, 0) is 31.7 Å². The molecule has 2 atom stereocenters. The molecule has 1 aromatic rings. The lowest BCUT2D eigenvalue weighted by Gasteiger charge is -2.31. The van der Waals surface area contributed by atoms with Crippen molar-refractivity contribution in [1.29, 1.82) is 0 Å². The summed E-state index contributed by atoms with van der Waals surface area (Å²) in [5.41, 5.74) is 5.81. The van der Waals surface area contributed by atoms with Gasteiger partial charge in [0.1, 0.15) is 0 Å². The van der Waals surface area contributed by atoms with Crippen molar-refractivity contribution in [2.75, 3.05) is 33.9 Å². The van der Waals surface area contributed by atoms with E-state index in [1.54, 1.807) is 7.11 Å². The second-order valence-electron chi connectivity index (χ2n) is 5.67. The largest absolute Gasteiger partial charge is 0.493 e. The summed E-state index contributed by atoms with van der Waals surface area (Å²) in [5.74, 6) is 2.03. The molecule has 114 valence electrons. The van der Waals surface area contributed by atoms with Crippen LogP contribution in [0.3, 0.4) is 0 Å². The van der Waals surface area contributed by atoms with Crippen LogP contribution in [-0.4, -0.2) is 44.5 Å². The van der Waals surface area contributed by atoms with Crippen molar-refractivity contribution < 1.29 is 9.47 Å². The van der Waals surface area contributed by atoms with Gasteiger partial charge < -0.3 is 19.8 Å². The predicted molar refractivity (Wildman–Crippen MR) is 83.1 cm³/mol. The van der Waals surface area contributed by atoms with Gasteiger partial charge in [-0.2, -0.15) is 5.10 Å². The first kappa shape index (κ1) is 14.2. The van der Waals surface area contributed by atoms with Gasteiger partial charge in [-0.1, -0.05) is 6.07 Å². The van der Waals surface area contributed by atoms with Gasteiger partial charge in [-0.15, -0.1) is 0 Å². The number of fused-ring (bicyclic) bond motifs is 1. The smallest absolute Gasteiger partial charge is 0.161 e. The molecule has 0 spiro atoms. The van der Waals surface area contributed by atoms with Gasteiger partial charge in [-0.25, -0.2) is 0 Å². The van der Waals surface area contributed by atoms with Crippen molar-refractivity contribution in [1.82, 2.24) is 10.3 Å². The van der Waals surface area contributed by atoms with Crippen LogP contribution in [0.15, 0.2) is 23.3 Å². The first-order valence-corrected chi connectivity index (χ1v) is 7.54. The van der Waals surface area contributed by atoms with E-state index in [-0.39, 0.29) is 6.04 Å². The number of piperidine rings is 1. The van der Waals surface area contributed by atoms with E-state index in [1.165, 1.54) is 11.3 Å². The summed E-state index contributed by atoms with van der Waals surface area (Å²) in [6.45, 7) is 4.76. The van der Waals surface area contributed by atoms with E-state index in [1.807, 2.05) is 13.0 Å². The minimum Gasteiger partial charge on any atom is -0.493 e. The van der Waals surface area contributed by atoms with Crippen LogP contribution in [0.5, 0.6) is 11.5 Å². The van der Waals surface area contributed by atoms with Gasteiger partial charge in [0, 0.05) is 31.1 Å². The van der Waals surface area contributed by atoms with Crippen molar-refractivity contribution in [2.45, 2.75) is 19.4 Å². The van der Waals surface area contributed by atoms with E-state index >= 15 is 0 Å². The Morgan fingerprint density at radius 3 is 3.00 bits per heavy atom. The number of ether oxygens (including phenoxy) is 2. The van der Waals surface area contributed by atoms with E-state index < -0.39 is 0 Å². The number of rotatable bonds is 4. The van der Waals surface area contributed by atoms with E-state index in [0.29, 0.717) is 12.5 Å². The summed E-state index contributed by atoms with van der Waals surface area (Å²) >= 11 is 0. The molecule has 0 aliphatic carbocycles. The molecule has 0 amide bonds. The zero-order valence-electron chi connectivity index (χ0n) is 12.9. The van der Waals surface area contributed by atoms with E-state index in [9.17, 15) is 0 Å². The zero-order valence-corrected chi connectivity index (χ0v) is 12.9. The highest BCUT2D eigenvalue weighted by molar-refractivity contribution is 5.89. The molecule has 2 unspecified atom stereocenters. The summed E-state index contributed by atoms with van der Waals surface area (Å²) in [7, 11) is 3.84. The normalized spacial score (nSPS) is 25.0. The second kappa shape index (κ2) is 5.93. The fourth-order valence-electron chi connectivity index (χ4n) is 3.16. The van der Waals surface area contributed by atoms with E-state index in [4.69, 9.17) is 9.47 Å². The molecule has 0 aromatic heterocycles. The average Bonchev–Trinajstić information content (AvgIpc) is 2.90. The lowest BCUT2D eigenvalue weighted by Crippen LogP contribution is -2.39. The lowest BCUT2D eigenvalue weighted by molar-refractivity contribution is 0.271. The van der Waals surface area contributed by atoms with E-state index in [0.717, 1.165) is 31.0 Å². The first-order chi connectivity index (χ1) is 10.2. The van der Waals surface area contributed by atoms with Crippen molar-refractivity contribution >= 4 is 5.71 Å². The summed E-state index contributed by atoms with van der Waals surface area (Å²) in [4.78, 5) is 2.37. The fraction of sp³-hybridized carbons (Fsp3) is 0.562. The second-order valence-corrected chi connectivity index (χ2v) is 5.67. The maximum atomic E-state index is 5.68. The van der Waals surface area contributed by atoms with Crippen molar-refractivity contribution in [3.05, 3.63) is 23.8 Å². The summed E-state index contributed by atoms with van der Waals surface area (Å²) in [5, 5.41) is 4.54. The van der Waals surface area contributed by atoms with Crippen LogP contribution in [0.1, 0.15) is 24.9 Å². The monoisotopic (exact) mass is 289 g/mol. The SMILES string of the molecule is CCOc1cc(C2NN=C3CCN(C)CC32)ccc1OC. The zero-order chi connectivity index (χ0) is 14.8. The highest BCUT2D eigenvalue weighted by atomic mass is 16.5. The molecular formula is C16H23N3O2. The fourth-order valence-corrected chi connectivity index (χ4v) is 3.16. The average molecular weight is 289 g/mol. The van der Waals surface area contributed by atoms with Crippen LogP contribution in [0.25, 0.3) is 0 Å². The minimum absolute atomic E-state index is 0.230. The first-order valence-electron chi connectivity index (χ1n) is 7.54. The van der Waals surface area contributed by atoms with Crippen LogP contribution in [0.4, 0.5) is 0 Å². The highest BCUT2D eigenvalue weighted by Crippen LogP contribution is 2.36. The molecule has 1 aromatic carbocycles. The van der Waals surface area contributed by atoms with Gasteiger partial charge >= 0.3 is 0 Å². The molecule has 21 heavy (non-hydrogen) atoms. The molecule has 2 aliphatic heterocycles. The predicted octanol–water partition coefficient (Wildman–Crippen LogP) is 2.05. The third-order valence-electron chi connectivity index (χ3n) is 4.28. The van der Waals surface area contributed by atoms with Crippen LogP contribution in [0.2, 0.25) is 0 Å². The number of hydrogen-bond acceptors (Lipinski definition) is 5.